The summed E-state index contributed by atoms with van der Waals surface area (Å²) in [5, 5.41) is 6.64. The third-order valence-corrected chi connectivity index (χ3v) is 2.39. The molecule has 0 aliphatic rings. The highest BCUT2D eigenvalue weighted by atomic mass is 19.4. The average Bonchev–Trinajstić information content (AvgIpc) is 2.80. The van der Waals surface area contributed by atoms with Crippen LogP contribution in [0.15, 0.2) is 28.8 Å². The minimum absolute atomic E-state index is 0.0245. The Morgan fingerprint density at radius 1 is 1.35 bits per heavy atom. The lowest BCUT2D eigenvalue weighted by Gasteiger charge is -2.07. The summed E-state index contributed by atoms with van der Waals surface area (Å²) in [5.41, 5.74) is 0.533. The number of hydrogen-bond donors (Lipinski definition) is 1. The van der Waals surface area contributed by atoms with E-state index in [1.54, 1.807) is 24.3 Å². The molecular formula is C12H11F3N2O3. The first-order valence-electron chi connectivity index (χ1n) is 5.74. The first kappa shape index (κ1) is 14.3. The van der Waals surface area contributed by atoms with Gasteiger partial charge in [-0.15, -0.1) is 0 Å². The van der Waals surface area contributed by atoms with Gasteiger partial charge in [-0.25, -0.2) is 0 Å². The fourth-order valence-corrected chi connectivity index (χ4v) is 1.56. The van der Waals surface area contributed by atoms with Crippen LogP contribution in [0.4, 0.5) is 13.2 Å². The van der Waals surface area contributed by atoms with Crippen LogP contribution < -0.4 is 5.32 Å². The number of nitrogens with one attached hydrogen (secondary N) is 1. The standard InChI is InChI=1S/C12H11F3N2O3/c13-12(14,15)7-19-6-5-16-11(18)10-8-3-1-2-4-9(8)17-20-10/h1-4H,5-7H2,(H,16,18). The highest BCUT2D eigenvalue weighted by molar-refractivity contribution is 6.03. The summed E-state index contributed by atoms with van der Waals surface area (Å²) in [6.07, 6.45) is -4.37. The Labute approximate surface area is 111 Å². The summed E-state index contributed by atoms with van der Waals surface area (Å²) in [7, 11) is 0. The van der Waals surface area contributed by atoms with Crippen molar-refractivity contribution < 1.29 is 27.2 Å². The maximum Gasteiger partial charge on any atom is 0.411 e. The molecule has 2 aromatic rings. The van der Waals surface area contributed by atoms with Gasteiger partial charge in [-0.3, -0.25) is 4.79 Å². The molecule has 0 saturated carbocycles. The molecule has 0 bridgehead atoms. The van der Waals surface area contributed by atoms with E-state index in [0.29, 0.717) is 10.9 Å². The van der Waals surface area contributed by atoms with E-state index in [9.17, 15) is 18.0 Å². The molecule has 1 amide bonds. The number of fused-ring (bicyclic) bond motifs is 1. The number of alkyl halides is 3. The van der Waals surface area contributed by atoms with Crippen molar-refractivity contribution in [3.63, 3.8) is 0 Å². The predicted molar refractivity (Wildman–Crippen MR) is 63.2 cm³/mol. The van der Waals surface area contributed by atoms with Crippen molar-refractivity contribution in [3.8, 4) is 0 Å². The molecule has 1 heterocycles. The normalized spacial score (nSPS) is 11.8. The molecule has 0 radical (unpaired) electrons. The third kappa shape index (κ3) is 3.70. The second-order valence-corrected chi connectivity index (χ2v) is 3.95. The molecule has 0 unspecified atom stereocenters. The maximum absolute atomic E-state index is 11.8. The Morgan fingerprint density at radius 2 is 2.10 bits per heavy atom. The molecule has 0 aliphatic heterocycles. The van der Waals surface area contributed by atoms with Crippen molar-refractivity contribution in [1.82, 2.24) is 10.5 Å². The quantitative estimate of drug-likeness (QED) is 0.856. The number of benzene rings is 1. The minimum Gasteiger partial charge on any atom is -0.370 e. The van der Waals surface area contributed by atoms with Gasteiger partial charge in [-0.05, 0) is 12.1 Å². The zero-order valence-corrected chi connectivity index (χ0v) is 10.2. The predicted octanol–water partition coefficient (Wildman–Crippen LogP) is 2.14. The zero-order chi connectivity index (χ0) is 14.6. The third-order valence-electron chi connectivity index (χ3n) is 2.39. The molecule has 2 rings (SSSR count). The first-order valence-corrected chi connectivity index (χ1v) is 5.74. The van der Waals surface area contributed by atoms with E-state index in [1.807, 2.05) is 0 Å². The number of amides is 1. The number of ether oxygens (including phenoxy) is 1. The molecule has 0 aliphatic carbocycles. The van der Waals surface area contributed by atoms with Gasteiger partial charge < -0.3 is 14.6 Å². The minimum atomic E-state index is -4.37. The van der Waals surface area contributed by atoms with Crippen LogP contribution in [0.1, 0.15) is 10.6 Å². The van der Waals surface area contributed by atoms with Crippen molar-refractivity contribution in [2.45, 2.75) is 6.18 Å². The van der Waals surface area contributed by atoms with Gasteiger partial charge in [-0.1, -0.05) is 17.3 Å². The Bertz CT molecular complexity index is 595. The number of rotatable bonds is 5. The lowest BCUT2D eigenvalue weighted by Crippen LogP contribution is -2.28. The summed E-state index contributed by atoms with van der Waals surface area (Å²) in [5.74, 6) is -0.522. The second kappa shape index (κ2) is 5.91. The average molecular weight is 288 g/mol. The number of aromatic nitrogens is 1. The summed E-state index contributed by atoms with van der Waals surface area (Å²) in [6.45, 7) is -1.63. The van der Waals surface area contributed by atoms with Gasteiger partial charge in [0.1, 0.15) is 12.1 Å². The van der Waals surface area contributed by atoms with Crippen molar-refractivity contribution in [2.75, 3.05) is 19.8 Å². The largest absolute Gasteiger partial charge is 0.411 e. The van der Waals surface area contributed by atoms with E-state index >= 15 is 0 Å². The highest BCUT2D eigenvalue weighted by Gasteiger charge is 2.27. The van der Waals surface area contributed by atoms with E-state index in [1.165, 1.54) is 0 Å². The van der Waals surface area contributed by atoms with Crippen molar-refractivity contribution in [1.29, 1.82) is 0 Å². The van der Waals surface area contributed by atoms with Crippen LogP contribution >= 0.6 is 0 Å². The molecule has 0 atom stereocenters. The van der Waals surface area contributed by atoms with Gasteiger partial charge in [-0.2, -0.15) is 13.2 Å². The zero-order valence-electron chi connectivity index (χ0n) is 10.2. The van der Waals surface area contributed by atoms with Crippen LogP contribution in [-0.2, 0) is 4.74 Å². The van der Waals surface area contributed by atoms with E-state index < -0.39 is 18.7 Å². The Hall–Kier alpha value is -2.09. The van der Waals surface area contributed by atoms with Gasteiger partial charge in [0, 0.05) is 6.54 Å². The molecule has 1 aromatic carbocycles. The van der Waals surface area contributed by atoms with Crippen LogP contribution in [0.3, 0.4) is 0 Å². The first-order chi connectivity index (χ1) is 9.47. The molecule has 5 nitrogen and oxygen atoms in total. The van der Waals surface area contributed by atoms with Gasteiger partial charge in [0.25, 0.3) is 5.91 Å². The SMILES string of the molecule is O=C(NCCOCC(F)(F)F)c1onc2ccccc12. The van der Waals surface area contributed by atoms with Crippen molar-refractivity contribution in [2.24, 2.45) is 0 Å². The lowest BCUT2D eigenvalue weighted by atomic mass is 10.2. The van der Waals surface area contributed by atoms with E-state index in [4.69, 9.17) is 4.52 Å². The summed E-state index contributed by atoms with van der Waals surface area (Å²) in [6, 6.07) is 6.82. The van der Waals surface area contributed by atoms with Crippen LogP contribution in [0, 0.1) is 0 Å². The lowest BCUT2D eigenvalue weighted by molar-refractivity contribution is -0.173. The summed E-state index contributed by atoms with van der Waals surface area (Å²) in [4.78, 5) is 11.8. The van der Waals surface area contributed by atoms with Crippen molar-refractivity contribution in [3.05, 3.63) is 30.0 Å². The molecule has 0 fully saturated rings. The van der Waals surface area contributed by atoms with Gasteiger partial charge in [0.15, 0.2) is 0 Å². The molecule has 1 N–H and O–H groups in total. The number of carbonyl (C=O) groups excluding carboxylic acids is 1. The topological polar surface area (TPSA) is 64.4 Å². The molecule has 20 heavy (non-hydrogen) atoms. The van der Waals surface area contributed by atoms with Crippen LogP contribution in [-0.4, -0.2) is 37.0 Å². The fraction of sp³-hybridized carbons (Fsp3) is 0.333. The van der Waals surface area contributed by atoms with E-state index in [0.717, 1.165) is 0 Å². The van der Waals surface area contributed by atoms with Gasteiger partial charge in [0.05, 0.1) is 12.0 Å². The number of nitrogens with zero attached hydrogens (tertiary/aromatic N) is 1. The monoisotopic (exact) mass is 288 g/mol. The summed E-state index contributed by atoms with van der Waals surface area (Å²) >= 11 is 0. The Balaban J connectivity index is 1.84. The smallest absolute Gasteiger partial charge is 0.370 e. The maximum atomic E-state index is 11.8. The Morgan fingerprint density at radius 3 is 2.85 bits per heavy atom. The highest BCUT2D eigenvalue weighted by Crippen LogP contribution is 2.17. The Kier molecular flexibility index (Phi) is 4.23. The molecule has 1 aromatic heterocycles. The van der Waals surface area contributed by atoms with E-state index in [-0.39, 0.29) is 18.9 Å². The van der Waals surface area contributed by atoms with E-state index in [2.05, 4.69) is 15.2 Å². The van der Waals surface area contributed by atoms with Crippen molar-refractivity contribution >= 4 is 16.8 Å². The number of halogens is 3. The van der Waals surface area contributed by atoms with Gasteiger partial charge in [0.2, 0.25) is 5.76 Å². The van der Waals surface area contributed by atoms with Gasteiger partial charge >= 0.3 is 6.18 Å². The molecule has 8 heteroatoms. The van der Waals surface area contributed by atoms with Crippen LogP contribution in [0.25, 0.3) is 10.9 Å². The summed E-state index contributed by atoms with van der Waals surface area (Å²) < 4.78 is 44.7. The second-order valence-electron chi connectivity index (χ2n) is 3.95. The number of hydrogen-bond acceptors (Lipinski definition) is 4. The molecule has 0 spiro atoms. The molecular weight excluding hydrogens is 277 g/mol. The number of carbonyl (C=O) groups is 1. The molecule has 0 saturated heterocycles. The van der Waals surface area contributed by atoms with Crippen LogP contribution in [0.5, 0.6) is 0 Å². The van der Waals surface area contributed by atoms with Crippen LogP contribution in [0.2, 0.25) is 0 Å². The fourth-order valence-electron chi connectivity index (χ4n) is 1.56. The molecule has 108 valence electrons.